The molecule has 1 aliphatic carbocycles. The van der Waals surface area contributed by atoms with Crippen molar-refractivity contribution in [3.05, 3.63) is 93.7 Å². The van der Waals surface area contributed by atoms with E-state index in [0.29, 0.717) is 22.9 Å². The Morgan fingerprint density at radius 1 is 0.897 bits per heavy atom. The molecule has 0 bridgehead atoms. The number of carbonyl (C=O) groups excluding carboxylic acids is 1. The van der Waals surface area contributed by atoms with Gasteiger partial charge in [0.2, 0.25) is 5.91 Å². The minimum absolute atomic E-state index is 0.0457. The van der Waals surface area contributed by atoms with E-state index in [1.807, 2.05) is 54.6 Å². The van der Waals surface area contributed by atoms with Gasteiger partial charge in [0.1, 0.15) is 0 Å². The molecule has 1 aliphatic heterocycles. The molecule has 7 heteroatoms. The largest absolute Gasteiger partial charge is 0.326 e. The molecule has 3 aromatic carbocycles. The van der Waals surface area contributed by atoms with Crippen LogP contribution in [0.2, 0.25) is 5.02 Å². The van der Waals surface area contributed by atoms with Crippen molar-refractivity contribution < 1.29 is 4.79 Å². The lowest BCUT2D eigenvalue weighted by atomic mass is 9.89. The van der Waals surface area contributed by atoms with Crippen LogP contribution in [-0.2, 0) is 11.3 Å². The van der Waals surface area contributed by atoms with E-state index in [1.54, 1.807) is 4.68 Å². The van der Waals surface area contributed by atoms with Crippen molar-refractivity contribution in [2.24, 2.45) is 5.92 Å². The number of hydrogen-bond donors (Lipinski definition) is 1. The number of halogens is 1. The Kier molecular flexibility index (Phi) is 7.49. The average molecular weight is 541 g/mol. The Balaban J connectivity index is 1.08. The van der Waals surface area contributed by atoms with Crippen molar-refractivity contribution in [2.45, 2.75) is 44.6 Å². The van der Waals surface area contributed by atoms with E-state index >= 15 is 0 Å². The Morgan fingerprint density at radius 3 is 2.38 bits per heavy atom. The van der Waals surface area contributed by atoms with Crippen LogP contribution in [0.4, 0.5) is 5.69 Å². The molecule has 2 aliphatic rings. The van der Waals surface area contributed by atoms with Gasteiger partial charge >= 0.3 is 0 Å². The van der Waals surface area contributed by atoms with E-state index in [2.05, 4.69) is 28.4 Å². The molecule has 39 heavy (non-hydrogen) atoms. The third kappa shape index (κ3) is 5.92. The van der Waals surface area contributed by atoms with Crippen molar-refractivity contribution in [1.29, 1.82) is 0 Å². The zero-order chi connectivity index (χ0) is 26.8. The first-order valence-electron chi connectivity index (χ1n) is 13.9. The second-order valence-corrected chi connectivity index (χ2v) is 11.2. The standard InChI is InChI=1S/C32H33ClN4O2/c33-26-13-11-23(12-14-26)30-28-7-1-2-8-29(28)32(39)37(35-30)18-4-17-36-19-15-22(16-20-36)25-5-3-6-27(21-25)34-31(38)24-9-10-24/h1-3,5-8,11-14,21-22,24H,4,9-10,15-20H2,(H,34,38). The number of nitrogens with one attached hydrogen (secondary N) is 1. The van der Waals surface area contributed by atoms with Crippen LogP contribution < -0.4 is 10.9 Å². The summed E-state index contributed by atoms with van der Waals surface area (Å²) in [6.45, 7) is 3.56. The number of rotatable bonds is 8. The Labute approximate surface area is 233 Å². The molecule has 0 radical (unpaired) electrons. The smallest absolute Gasteiger partial charge is 0.274 e. The molecule has 1 amide bonds. The minimum atomic E-state index is -0.0457. The number of nitrogens with zero attached hydrogens (tertiary/aromatic N) is 3. The third-order valence-corrected chi connectivity index (χ3v) is 8.24. The van der Waals surface area contributed by atoms with Crippen molar-refractivity contribution in [1.82, 2.24) is 14.7 Å². The maximum atomic E-state index is 13.2. The summed E-state index contributed by atoms with van der Waals surface area (Å²) in [5, 5.41) is 10.1. The normalized spacial score (nSPS) is 16.4. The van der Waals surface area contributed by atoms with Gasteiger partial charge < -0.3 is 10.2 Å². The van der Waals surface area contributed by atoms with Gasteiger partial charge in [-0.15, -0.1) is 0 Å². The molecule has 6 nitrogen and oxygen atoms in total. The Bertz CT molecular complexity index is 1540. The van der Waals surface area contributed by atoms with Gasteiger partial charge in [0.25, 0.3) is 5.56 Å². The Morgan fingerprint density at radius 2 is 1.64 bits per heavy atom. The molecule has 6 rings (SSSR count). The molecule has 1 N–H and O–H groups in total. The van der Waals surface area contributed by atoms with Gasteiger partial charge in [-0.3, -0.25) is 9.59 Å². The van der Waals surface area contributed by atoms with Crippen molar-refractivity contribution >= 4 is 34.0 Å². The first kappa shape index (κ1) is 25.8. The van der Waals surface area contributed by atoms with Crippen LogP contribution in [-0.4, -0.2) is 40.2 Å². The predicted octanol–water partition coefficient (Wildman–Crippen LogP) is 6.34. The molecule has 0 spiro atoms. The number of anilines is 1. The van der Waals surface area contributed by atoms with E-state index < -0.39 is 0 Å². The lowest BCUT2D eigenvalue weighted by molar-refractivity contribution is -0.117. The number of likely N-dealkylation sites (tertiary alicyclic amines) is 1. The summed E-state index contributed by atoms with van der Waals surface area (Å²) in [6.07, 6.45) is 5.07. The summed E-state index contributed by atoms with van der Waals surface area (Å²) in [6, 6.07) is 23.7. The number of aromatic nitrogens is 2. The highest BCUT2D eigenvalue weighted by atomic mass is 35.5. The van der Waals surface area contributed by atoms with Crippen LogP contribution in [0.5, 0.6) is 0 Å². The molecular weight excluding hydrogens is 508 g/mol. The molecule has 2 heterocycles. The van der Waals surface area contributed by atoms with Crippen LogP contribution in [0.25, 0.3) is 22.0 Å². The summed E-state index contributed by atoms with van der Waals surface area (Å²) in [7, 11) is 0. The lowest BCUT2D eigenvalue weighted by Gasteiger charge is -2.32. The highest BCUT2D eigenvalue weighted by Gasteiger charge is 2.29. The number of fused-ring (bicyclic) bond motifs is 1. The number of benzene rings is 3. The first-order valence-corrected chi connectivity index (χ1v) is 14.3. The van der Waals surface area contributed by atoms with E-state index in [-0.39, 0.29) is 17.4 Å². The summed E-state index contributed by atoms with van der Waals surface area (Å²) in [5.74, 6) is 0.870. The molecular formula is C32H33ClN4O2. The van der Waals surface area contributed by atoms with Gasteiger partial charge in [0.05, 0.1) is 11.1 Å². The molecule has 1 aromatic heterocycles. The van der Waals surface area contributed by atoms with Gasteiger partial charge in [0.15, 0.2) is 0 Å². The average Bonchev–Trinajstić information content (AvgIpc) is 3.82. The minimum Gasteiger partial charge on any atom is -0.326 e. The van der Waals surface area contributed by atoms with E-state index in [1.165, 1.54) is 5.56 Å². The summed E-state index contributed by atoms with van der Waals surface area (Å²) in [5.41, 5.74) is 3.93. The molecule has 0 atom stereocenters. The summed E-state index contributed by atoms with van der Waals surface area (Å²) < 4.78 is 1.63. The van der Waals surface area contributed by atoms with Crippen LogP contribution in [0.3, 0.4) is 0 Å². The number of hydrogen-bond acceptors (Lipinski definition) is 4. The quantitative estimate of drug-likeness (QED) is 0.283. The van der Waals surface area contributed by atoms with Crippen molar-refractivity contribution in [3.8, 4) is 11.3 Å². The summed E-state index contributed by atoms with van der Waals surface area (Å²) in [4.78, 5) is 27.9. The maximum absolute atomic E-state index is 13.2. The molecule has 1 saturated carbocycles. The van der Waals surface area contributed by atoms with Crippen LogP contribution in [0.1, 0.15) is 43.6 Å². The van der Waals surface area contributed by atoms with Gasteiger partial charge in [-0.05, 0) is 93.6 Å². The van der Waals surface area contributed by atoms with Gasteiger partial charge in [-0.1, -0.05) is 54.1 Å². The molecule has 4 aromatic rings. The second kappa shape index (κ2) is 11.3. The van der Waals surface area contributed by atoms with E-state index in [4.69, 9.17) is 16.7 Å². The highest BCUT2D eigenvalue weighted by Crippen LogP contribution is 2.32. The number of carbonyl (C=O) groups is 1. The topological polar surface area (TPSA) is 67.2 Å². The van der Waals surface area contributed by atoms with Gasteiger partial charge in [-0.25, -0.2) is 4.68 Å². The predicted molar refractivity (Wildman–Crippen MR) is 157 cm³/mol. The summed E-state index contributed by atoms with van der Waals surface area (Å²) >= 11 is 6.10. The second-order valence-electron chi connectivity index (χ2n) is 10.8. The highest BCUT2D eigenvalue weighted by molar-refractivity contribution is 6.30. The molecule has 200 valence electrons. The molecule has 1 saturated heterocycles. The lowest BCUT2D eigenvalue weighted by Crippen LogP contribution is -2.34. The zero-order valence-electron chi connectivity index (χ0n) is 22.0. The fourth-order valence-corrected chi connectivity index (χ4v) is 5.73. The fourth-order valence-electron chi connectivity index (χ4n) is 5.60. The third-order valence-electron chi connectivity index (χ3n) is 7.99. The van der Waals surface area contributed by atoms with Crippen LogP contribution in [0.15, 0.2) is 77.6 Å². The van der Waals surface area contributed by atoms with Crippen molar-refractivity contribution in [2.75, 3.05) is 25.0 Å². The number of piperidine rings is 1. The first-order chi connectivity index (χ1) is 19.0. The Hall–Kier alpha value is -3.48. The maximum Gasteiger partial charge on any atom is 0.274 e. The van der Waals surface area contributed by atoms with Crippen LogP contribution in [0, 0.1) is 5.92 Å². The van der Waals surface area contributed by atoms with E-state index in [0.717, 1.165) is 74.1 Å². The SMILES string of the molecule is O=C(Nc1cccc(C2CCN(CCCn3nc(-c4ccc(Cl)cc4)c4ccccc4c3=O)CC2)c1)C1CC1. The molecule has 2 fully saturated rings. The monoisotopic (exact) mass is 540 g/mol. The van der Waals surface area contributed by atoms with Gasteiger partial charge in [-0.2, -0.15) is 5.10 Å². The van der Waals surface area contributed by atoms with Gasteiger partial charge in [0, 0.05) is 34.1 Å². The molecule has 0 unspecified atom stereocenters. The number of aryl methyl sites for hydroxylation is 1. The van der Waals surface area contributed by atoms with Crippen molar-refractivity contribution in [3.63, 3.8) is 0 Å². The zero-order valence-corrected chi connectivity index (χ0v) is 22.7. The van der Waals surface area contributed by atoms with E-state index in [9.17, 15) is 9.59 Å². The number of amides is 1. The van der Waals surface area contributed by atoms with Crippen LogP contribution >= 0.6 is 11.6 Å². The fraction of sp³-hybridized carbons (Fsp3) is 0.344.